The third-order valence-corrected chi connectivity index (χ3v) is 2.69. The number of nitro groups is 1. The van der Waals surface area contributed by atoms with E-state index < -0.39 is 0 Å². The molecule has 0 aliphatic rings. The van der Waals surface area contributed by atoms with Gasteiger partial charge in [-0.2, -0.15) is 0 Å². The Morgan fingerprint density at radius 3 is 2.89 bits per heavy atom. The summed E-state index contributed by atoms with van der Waals surface area (Å²) in [5.41, 5.74) is 2.36. The fourth-order valence-corrected chi connectivity index (χ4v) is 1.58. The van der Waals surface area contributed by atoms with Crippen molar-refractivity contribution < 1.29 is 4.92 Å². The Balaban J connectivity index is 2.13. The molecule has 0 spiro atoms. The van der Waals surface area contributed by atoms with Crippen molar-refractivity contribution in [2.75, 3.05) is 5.32 Å². The van der Waals surface area contributed by atoms with Crippen LogP contribution in [-0.4, -0.2) is 19.9 Å². The quantitative estimate of drug-likeness (QED) is 0.655. The van der Waals surface area contributed by atoms with Crippen LogP contribution >= 0.6 is 0 Å². The number of aryl methyl sites for hydroxylation is 2. The van der Waals surface area contributed by atoms with Crippen LogP contribution in [0.3, 0.4) is 0 Å². The first-order chi connectivity index (χ1) is 8.58. The van der Waals surface area contributed by atoms with Crippen LogP contribution in [0.4, 0.5) is 11.4 Å². The fraction of sp³-hybridized carbons (Fsp3) is 0.273. The van der Waals surface area contributed by atoms with Crippen LogP contribution in [0.15, 0.2) is 24.4 Å². The highest BCUT2D eigenvalue weighted by Gasteiger charge is 2.11. The van der Waals surface area contributed by atoms with E-state index in [9.17, 15) is 10.1 Å². The summed E-state index contributed by atoms with van der Waals surface area (Å²) in [6.45, 7) is 2.23. The summed E-state index contributed by atoms with van der Waals surface area (Å²) in [5, 5.41) is 21.5. The zero-order valence-electron chi connectivity index (χ0n) is 10.1. The Labute approximate surface area is 104 Å². The molecule has 0 aliphatic heterocycles. The van der Waals surface area contributed by atoms with Gasteiger partial charge in [-0.3, -0.25) is 14.8 Å². The van der Waals surface area contributed by atoms with E-state index in [1.165, 1.54) is 6.07 Å². The first kappa shape index (κ1) is 12.0. The zero-order chi connectivity index (χ0) is 13.1. The number of nitro benzene ring substituents is 1. The molecule has 0 saturated carbocycles. The van der Waals surface area contributed by atoms with Gasteiger partial charge in [-0.05, 0) is 13.0 Å². The Morgan fingerprint density at radius 2 is 2.28 bits per heavy atom. The molecule has 0 saturated heterocycles. The van der Waals surface area contributed by atoms with E-state index in [1.807, 2.05) is 6.07 Å². The lowest BCUT2D eigenvalue weighted by molar-refractivity contribution is -0.385. The molecular formula is C11H13N5O2. The number of hydrogen-bond donors (Lipinski definition) is 1. The van der Waals surface area contributed by atoms with Crippen molar-refractivity contribution in [3.63, 3.8) is 0 Å². The second kappa shape index (κ2) is 4.82. The van der Waals surface area contributed by atoms with Crippen molar-refractivity contribution in [3.8, 4) is 0 Å². The average molecular weight is 247 g/mol. The molecule has 1 heterocycles. The van der Waals surface area contributed by atoms with Gasteiger partial charge in [0.1, 0.15) is 0 Å². The molecule has 1 N–H and O–H groups in total. The molecule has 2 aromatic rings. The maximum absolute atomic E-state index is 10.8. The lowest BCUT2D eigenvalue weighted by Crippen LogP contribution is -2.05. The van der Waals surface area contributed by atoms with Crippen molar-refractivity contribution in [1.29, 1.82) is 0 Å². The van der Waals surface area contributed by atoms with Crippen molar-refractivity contribution in [2.24, 2.45) is 7.05 Å². The molecule has 0 fully saturated rings. The summed E-state index contributed by atoms with van der Waals surface area (Å²) in [6.07, 6.45) is 1.65. The first-order valence-electron chi connectivity index (χ1n) is 5.40. The number of aromatic nitrogens is 3. The van der Waals surface area contributed by atoms with Gasteiger partial charge in [0.25, 0.3) is 5.69 Å². The van der Waals surface area contributed by atoms with E-state index in [0.29, 0.717) is 17.8 Å². The van der Waals surface area contributed by atoms with E-state index in [-0.39, 0.29) is 10.6 Å². The molecule has 2 rings (SSSR count). The first-order valence-corrected chi connectivity index (χ1v) is 5.40. The number of nitrogens with one attached hydrogen (secondary N) is 1. The van der Waals surface area contributed by atoms with E-state index >= 15 is 0 Å². The lowest BCUT2D eigenvalue weighted by Gasteiger charge is -2.06. The smallest absolute Gasteiger partial charge is 0.274 e. The molecule has 0 aliphatic carbocycles. The van der Waals surface area contributed by atoms with Crippen LogP contribution in [-0.2, 0) is 13.6 Å². The van der Waals surface area contributed by atoms with Gasteiger partial charge in [0.15, 0.2) is 0 Å². The van der Waals surface area contributed by atoms with Gasteiger partial charge in [-0.15, -0.1) is 5.10 Å². The third kappa shape index (κ3) is 2.45. The van der Waals surface area contributed by atoms with Crippen molar-refractivity contribution in [3.05, 3.63) is 45.8 Å². The van der Waals surface area contributed by atoms with Gasteiger partial charge in [-0.1, -0.05) is 11.3 Å². The zero-order valence-corrected chi connectivity index (χ0v) is 10.1. The maximum Gasteiger partial charge on any atom is 0.274 e. The van der Waals surface area contributed by atoms with Crippen LogP contribution in [0.1, 0.15) is 11.3 Å². The van der Waals surface area contributed by atoms with E-state index in [2.05, 4.69) is 15.6 Å². The maximum atomic E-state index is 10.8. The van der Waals surface area contributed by atoms with E-state index in [0.717, 1.165) is 5.69 Å². The fourth-order valence-electron chi connectivity index (χ4n) is 1.58. The molecule has 0 radical (unpaired) electrons. The highest BCUT2D eigenvalue weighted by atomic mass is 16.6. The monoisotopic (exact) mass is 247 g/mol. The van der Waals surface area contributed by atoms with Gasteiger partial charge in [0.2, 0.25) is 0 Å². The number of anilines is 1. The van der Waals surface area contributed by atoms with Crippen molar-refractivity contribution >= 4 is 11.4 Å². The number of hydrogen-bond acceptors (Lipinski definition) is 5. The molecule has 7 heteroatoms. The lowest BCUT2D eigenvalue weighted by atomic mass is 10.2. The second-order valence-corrected chi connectivity index (χ2v) is 3.96. The minimum absolute atomic E-state index is 0.114. The normalized spacial score (nSPS) is 10.3. The van der Waals surface area contributed by atoms with Crippen LogP contribution in [0.25, 0.3) is 0 Å². The molecule has 0 amide bonds. The largest absolute Gasteiger partial charge is 0.379 e. The topological polar surface area (TPSA) is 85.9 Å². The SMILES string of the molecule is Cc1ccc(NCc2cnnn2C)cc1[N+](=O)[O-]. The molecule has 0 unspecified atom stereocenters. The van der Waals surface area contributed by atoms with Gasteiger partial charge in [0.05, 0.1) is 23.4 Å². The summed E-state index contributed by atoms with van der Waals surface area (Å²) < 4.78 is 1.65. The highest BCUT2D eigenvalue weighted by Crippen LogP contribution is 2.22. The second-order valence-electron chi connectivity index (χ2n) is 3.96. The Hall–Kier alpha value is -2.44. The number of rotatable bonds is 4. The van der Waals surface area contributed by atoms with Crippen molar-refractivity contribution in [2.45, 2.75) is 13.5 Å². The Bertz CT molecular complexity index is 579. The summed E-state index contributed by atoms with van der Waals surface area (Å²) in [4.78, 5) is 10.4. The minimum Gasteiger partial charge on any atom is -0.379 e. The van der Waals surface area contributed by atoms with Crippen molar-refractivity contribution in [1.82, 2.24) is 15.0 Å². The third-order valence-electron chi connectivity index (χ3n) is 2.69. The molecule has 1 aromatic carbocycles. The molecule has 7 nitrogen and oxygen atoms in total. The molecule has 0 bridgehead atoms. The molecule has 0 atom stereocenters. The van der Waals surface area contributed by atoms with Gasteiger partial charge < -0.3 is 5.32 Å². The average Bonchev–Trinajstić information content (AvgIpc) is 2.73. The highest BCUT2D eigenvalue weighted by molar-refractivity contribution is 5.54. The van der Waals surface area contributed by atoms with E-state index in [1.54, 1.807) is 30.9 Å². The van der Waals surface area contributed by atoms with Gasteiger partial charge in [-0.25, -0.2) is 0 Å². The summed E-state index contributed by atoms with van der Waals surface area (Å²) in [5.74, 6) is 0. The summed E-state index contributed by atoms with van der Waals surface area (Å²) >= 11 is 0. The Morgan fingerprint density at radius 1 is 1.50 bits per heavy atom. The predicted octanol–water partition coefficient (Wildman–Crippen LogP) is 1.64. The van der Waals surface area contributed by atoms with Crippen LogP contribution in [0, 0.1) is 17.0 Å². The standard InChI is InChI=1S/C11H13N5O2/c1-8-3-4-9(5-11(8)16(17)18)12-6-10-7-13-14-15(10)2/h3-5,7,12H,6H2,1-2H3. The Kier molecular flexibility index (Phi) is 3.22. The van der Waals surface area contributed by atoms with Crippen LogP contribution < -0.4 is 5.32 Å². The molecule has 1 aromatic heterocycles. The molecule has 94 valence electrons. The molecule has 18 heavy (non-hydrogen) atoms. The number of benzene rings is 1. The van der Waals surface area contributed by atoms with Crippen LogP contribution in [0.2, 0.25) is 0 Å². The van der Waals surface area contributed by atoms with Gasteiger partial charge >= 0.3 is 0 Å². The molecular weight excluding hydrogens is 234 g/mol. The predicted molar refractivity (Wildman–Crippen MR) is 66.2 cm³/mol. The van der Waals surface area contributed by atoms with E-state index in [4.69, 9.17) is 0 Å². The van der Waals surface area contributed by atoms with Gasteiger partial charge in [0, 0.05) is 24.4 Å². The number of nitrogens with zero attached hydrogens (tertiary/aromatic N) is 4. The summed E-state index contributed by atoms with van der Waals surface area (Å²) in [6, 6.07) is 5.06. The summed E-state index contributed by atoms with van der Waals surface area (Å²) in [7, 11) is 1.79. The van der Waals surface area contributed by atoms with Crippen LogP contribution in [0.5, 0.6) is 0 Å². The minimum atomic E-state index is -0.383.